The van der Waals surface area contributed by atoms with Crippen LogP contribution >= 0.6 is 0 Å². The van der Waals surface area contributed by atoms with E-state index in [9.17, 15) is 0 Å². The zero-order chi connectivity index (χ0) is 17.2. The summed E-state index contributed by atoms with van der Waals surface area (Å²) in [5, 5.41) is 8.34. The van der Waals surface area contributed by atoms with Crippen molar-refractivity contribution in [1.82, 2.24) is 29.6 Å². The van der Waals surface area contributed by atoms with Crippen LogP contribution in [0, 0.1) is 0 Å². The van der Waals surface area contributed by atoms with Crippen molar-refractivity contribution in [2.24, 2.45) is 0 Å². The number of rotatable bonds is 5. The Hall–Kier alpha value is -2.47. The van der Waals surface area contributed by atoms with Crippen molar-refractivity contribution in [3.63, 3.8) is 0 Å². The Morgan fingerprint density at radius 2 is 2.12 bits per heavy atom. The molecule has 1 aromatic carbocycles. The lowest BCUT2D eigenvalue weighted by Crippen LogP contribution is -2.30. The van der Waals surface area contributed by atoms with Gasteiger partial charge in [-0.3, -0.25) is 0 Å². The highest BCUT2D eigenvalue weighted by molar-refractivity contribution is 5.35. The van der Waals surface area contributed by atoms with Crippen molar-refractivity contribution in [3.05, 3.63) is 60.2 Å². The molecule has 1 N–H and O–H groups in total. The van der Waals surface area contributed by atoms with Gasteiger partial charge >= 0.3 is 0 Å². The molecule has 3 heterocycles. The number of aromatic nitrogens is 5. The van der Waals surface area contributed by atoms with Gasteiger partial charge in [0.1, 0.15) is 5.82 Å². The van der Waals surface area contributed by atoms with E-state index in [-0.39, 0.29) is 12.1 Å². The maximum Gasteiger partial charge on any atom is 0.150 e. The Morgan fingerprint density at radius 1 is 1.28 bits per heavy atom. The van der Waals surface area contributed by atoms with Crippen LogP contribution in [-0.4, -0.2) is 24.3 Å². The van der Waals surface area contributed by atoms with Gasteiger partial charge in [0.15, 0.2) is 5.82 Å². The summed E-state index contributed by atoms with van der Waals surface area (Å²) in [7, 11) is 0. The monoisotopic (exact) mass is 336 g/mol. The van der Waals surface area contributed by atoms with Gasteiger partial charge in [-0.25, -0.2) is 14.6 Å². The lowest BCUT2D eigenvalue weighted by molar-refractivity contribution is 0.344. The fourth-order valence-electron chi connectivity index (χ4n) is 3.45. The summed E-state index contributed by atoms with van der Waals surface area (Å²) in [5.74, 6) is 2.03. The van der Waals surface area contributed by atoms with Gasteiger partial charge in [0, 0.05) is 37.1 Å². The Balaban J connectivity index is 1.49. The van der Waals surface area contributed by atoms with Gasteiger partial charge in [0.2, 0.25) is 0 Å². The van der Waals surface area contributed by atoms with Crippen molar-refractivity contribution >= 4 is 0 Å². The van der Waals surface area contributed by atoms with E-state index < -0.39 is 0 Å². The summed E-state index contributed by atoms with van der Waals surface area (Å²) in [6.07, 6.45) is 8.70. The molecule has 0 radical (unpaired) electrons. The number of nitrogens with one attached hydrogen (secondary N) is 1. The molecule has 0 spiro atoms. The highest BCUT2D eigenvalue weighted by Gasteiger charge is 2.25. The Kier molecular flexibility index (Phi) is 4.36. The van der Waals surface area contributed by atoms with E-state index in [1.807, 2.05) is 17.1 Å². The van der Waals surface area contributed by atoms with Crippen LogP contribution in [0.2, 0.25) is 0 Å². The van der Waals surface area contributed by atoms with Crippen LogP contribution in [0.3, 0.4) is 0 Å². The number of hydrogen-bond acceptors (Lipinski definition) is 4. The van der Waals surface area contributed by atoms with E-state index in [0.29, 0.717) is 0 Å². The van der Waals surface area contributed by atoms with Gasteiger partial charge in [0.25, 0.3) is 0 Å². The van der Waals surface area contributed by atoms with Crippen LogP contribution in [0.15, 0.2) is 43.0 Å². The van der Waals surface area contributed by atoms with E-state index in [1.165, 1.54) is 5.56 Å². The van der Waals surface area contributed by atoms with Crippen LogP contribution < -0.4 is 5.32 Å². The van der Waals surface area contributed by atoms with Crippen molar-refractivity contribution in [3.8, 4) is 5.69 Å². The molecule has 0 bridgehead atoms. The number of imidazole rings is 1. The fourth-order valence-corrected chi connectivity index (χ4v) is 3.45. The largest absolute Gasteiger partial charge is 0.306 e. The first-order chi connectivity index (χ1) is 12.2. The highest BCUT2D eigenvalue weighted by Crippen LogP contribution is 2.27. The topological polar surface area (TPSA) is 60.6 Å². The second kappa shape index (κ2) is 6.80. The molecular formula is C19H24N6. The van der Waals surface area contributed by atoms with E-state index in [0.717, 1.165) is 43.1 Å². The molecule has 1 aliphatic heterocycles. The zero-order valence-corrected chi connectivity index (χ0v) is 14.8. The summed E-state index contributed by atoms with van der Waals surface area (Å²) < 4.78 is 4.09. The molecule has 25 heavy (non-hydrogen) atoms. The van der Waals surface area contributed by atoms with E-state index in [2.05, 4.69) is 58.2 Å². The molecule has 0 aliphatic carbocycles. The molecule has 0 amide bonds. The lowest BCUT2D eigenvalue weighted by atomic mass is 10.0. The molecule has 0 saturated carbocycles. The Bertz CT molecular complexity index is 818. The molecule has 0 unspecified atom stereocenters. The highest BCUT2D eigenvalue weighted by atomic mass is 15.4. The maximum absolute atomic E-state index is 4.72. The zero-order valence-electron chi connectivity index (χ0n) is 14.8. The third-order valence-electron chi connectivity index (χ3n) is 4.88. The summed E-state index contributed by atoms with van der Waals surface area (Å²) in [6.45, 7) is 5.30. The molecule has 0 fully saturated rings. The first-order valence-electron chi connectivity index (χ1n) is 9.02. The lowest BCUT2D eigenvalue weighted by Gasteiger charge is -2.26. The smallest absolute Gasteiger partial charge is 0.150 e. The second-order valence-corrected chi connectivity index (χ2v) is 6.61. The van der Waals surface area contributed by atoms with Crippen LogP contribution in [-0.2, 0) is 13.0 Å². The minimum Gasteiger partial charge on any atom is -0.306 e. The average Bonchev–Trinajstić information content (AvgIpc) is 3.32. The van der Waals surface area contributed by atoms with Gasteiger partial charge in [-0.1, -0.05) is 19.1 Å². The number of hydrogen-bond donors (Lipinski definition) is 1. The quantitative estimate of drug-likeness (QED) is 0.777. The van der Waals surface area contributed by atoms with Gasteiger partial charge < -0.3 is 9.88 Å². The van der Waals surface area contributed by atoms with Crippen molar-refractivity contribution in [2.75, 3.05) is 0 Å². The third-order valence-corrected chi connectivity index (χ3v) is 4.88. The van der Waals surface area contributed by atoms with Crippen LogP contribution in [0.4, 0.5) is 0 Å². The number of aryl methyl sites for hydroxylation is 2. The van der Waals surface area contributed by atoms with Crippen molar-refractivity contribution < 1.29 is 0 Å². The molecule has 130 valence electrons. The summed E-state index contributed by atoms with van der Waals surface area (Å²) in [4.78, 5) is 8.82. The number of benzene rings is 1. The van der Waals surface area contributed by atoms with E-state index in [1.54, 1.807) is 6.20 Å². The number of fused-ring (bicyclic) bond motifs is 1. The number of nitrogens with zero attached hydrogens (tertiary/aromatic N) is 5. The van der Waals surface area contributed by atoms with E-state index in [4.69, 9.17) is 4.98 Å². The van der Waals surface area contributed by atoms with E-state index >= 15 is 0 Å². The molecule has 0 saturated heterocycles. The molecule has 4 rings (SSSR count). The van der Waals surface area contributed by atoms with Gasteiger partial charge in [-0.2, -0.15) is 5.10 Å². The minimum atomic E-state index is 0.259. The minimum absolute atomic E-state index is 0.259. The normalized spacial score (nSPS) is 18.1. The van der Waals surface area contributed by atoms with Crippen molar-refractivity contribution in [1.29, 1.82) is 0 Å². The molecule has 2 atom stereocenters. The van der Waals surface area contributed by atoms with Crippen LogP contribution in [0.5, 0.6) is 0 Å². The van der Waals surface area contributed by atoms with Gasteiger partial charge in [-0.15, -0.1) is 0 Å². The van der Waals surface area contributed by atoms with Gasteiger partial charge in [0.05, 0.1) is 12.4 Å². The van der Waals surface area contributed by atoms with Crippen molar-refractivity contribution in [2.45, 2.75) is 51.7 Å². The first-order valence-corrected chi connectivity index (χ1v) is 9.02. The standard InChI is InChI=1S/C19H24N6/c1-3-18-22-19-17(5-4-11-25(19)23-18)21-14(2)15-6-8-16(9-7-15)24-12-10-20-13-24/h6-10,12-14,17,21H,3-5,11H2,1-2H3/t14-,17-/m0/s1. The molecule has 6 nitrogen and oxygen atoms in total. The third kappa shape index (κ3) is 3.22. The first kappa shape index (κ1) is 16.0. The SMILES string of the molecule is CCc1nc2n(n1)CCC[C@@H]2N[C@@H](C)c1ccc(-n2ccnc2)cc1. The molecule has 3 aromatic rings. The Morgan fingerprint density at radius 3 is 2.84 bits per heavy atom. The Labute approximate surface area is 147 Å². The maximum atomic E-state index is 4.72. The summed E-state index contributed by atoms with van der Waals surface area (Å²) in [5.41, 5.74) is 2.40. The molecule has 1 aliphatic rings. The predicted molar refractivity (Wildman–Crippen MR) is 96.5 cm³/mol. The average molecular weight is 336 g/mol. The van der Waals surface area contributed by atoms with Crippen LogP contribution in [0.25, 0.3) is 5.69 Å². The second-order valence-electron chi connectivity index (χ2n) is 6.61. The molecular weight excluding hydrogens is 312 g/mol. The van der Waals surface area contributed by atoms with Gasteiger partial charge in [-0.05, 0) is 37.5 Å². The fraction of sp³-hybridized carbons (Fsp3) is 0.421. The summed E-state index contributed by atoms with van der Waals surface area (Å²) in [6, 6.07) is 9.15. The molecule has 2 aromatic heterocycles. The summed E-state index contributed by atoms with van der Waals surface area (Å²) >= 11 is 0. The predicted octanol–water partition coefficient (Wildman–Crippen LogP) is 3.21. The molecule has 6 heteroatoms. The van der Waals surface area contributed by atoms with Crippen LogP contribution in [0.1, 0.15) is 56.0 Å².